The first-order chi connectivity index (χ1) is 10.8. The minimum atomic E-state index is -4.22. The van der Waals surface area contributed by atoms with Gasteiger partial charge in [0.05, 0.1) is 9.73 Å². The van der Waals surface area contributed by atoms with Crippen molar-refractivity contribution in [2.45, 2.75) is 9.79 Å². The molecule has 0 N–H and O–H groups in total. The molecular weight excluding hydrogens is 362 g/mol. The van der Waals surface area contributed by atoms with Crippen LogP contribution in [0.25, 0.3) is 11.0 Å². The van der Waals surface area contributed by atoms with Crippen LogP contribution in [0.2, 0.25) is 5.02 Å². The predicted octanol–water partition coefficient (Wildman–Crippen LogP) is 2.72. The lowest BCUT2D eigenvalue weighted by Gasteiger charge is -2.05. The second-order valence-corrected chi connectivity index (χ2v) is 9.19. The molecule has 1 aromatic heterocycles. The topological polar surface area (TPSA) is 102 Å². The zero-order chi connectivity index (χ0) is 16.7. The van der Waals surface area contributed by atoms with Gasteiger partial charge in [-0.05, 0) is 46.7 Å². The zero-order valence-electron chi connectivity index (χ0n) is 11.7. The summed E-state index contributed by atoms with van der Waals surface area (Å²) in [6.07, 6.45) is 1.25. The maximum atomic E-state index is 12.7. The van der Waals surface area contributed by atoms with Crippen molar-refractivity contribution < 1.29 is 17.3 Å². The molecule has 0 aliphatic rings. The molecule has 3 rings (SSSR count). The predicted molar refractivity (Wildman–Crippen MR) is 85.2 cm³/mol. The molecule has 2 aromatic carbocycles. The Morgan fingerprint density at radius 3 is 2.43 bits per heavy atom. The first-order valence-corrected chi connectivity index (χ1v) is 9.99. The van der Waals surface area contributed by atoms with E-state index in [4.69, 9.17) is 11.6 Å². The highest BCUT2D eigenvalue weighted by atomic mass is 35.5. The molecule has 0 aliphatic heterocycles. The molecule has 3 aromatic rings. The van der Waals surface area contributed by atoms with Crippen molar-refractivity contribution in [1.82, 2.24) is 10.3 Å². The van der Waals surface area contributed by atoms with Gasteiger partial charge in [-0.15, -0.1) is 3.77 Å². The van der Waals surface area contributed by atoms with E-state index in [2.05, 4.69) is 18.7 Å². The molecule has 120 valence electrons. The molecule has 1 heterocycles. The van der Waals surface area contributed by atoms with E-state index in [1.54, 1.807) is 6.07 Å². The molecular formula is C13H10ClN3O4S2. The Bertz CT molecular complexity index is 1100. The van der Waals surface area contributed by atoms with Crippen molar-refractivity contribution in [3.05, 3.63) is 47.5 Å². The average molecular weight is 372 g/mol. The van der Waals surface area contributed by atoms with Crippen LogP contribution < -0.4 is 0 Å². The van der Waals surface area contributed by atoms with Gasteiger partial charge in [0.15, 0.2) is 5.52 Å². The summed E-state index contributed by atoms with van der Waals surface area (Å²) in [5, 5.41) is 7.59. The van der Waals surface area contributed by atoms with Gasteiger partial charge < -0.3 is 0 Å². The third kappa shape index (κ3) is 3.07. The molecule has 0 saturated heterocycles. The standard InChI is InChI=1S/C13H10ClN3O4S2/c1-22(18,10-7-5-9(14)6-8-10)17-23(19,20)12-4-2-3-11-13(12)16-21-15-11/h2-8H,1H3/t22-/m1/s1. The molecule has 0 bridgehead atoms. The van der Waals surface area contributed by atoms with Crippen molar-refractivity contribution in [3.63, 3.8) is 0 Å². The van der Waals surface area contributed by atoms with Crippen LogP contribution in [-0.4, -0.2) is 29.2 Å². The van der Waals surface area contributed by atoms with E-state index in [9.17, 15) is 12.6 Å². The van der Waals surface area contributed by atoms with E-state index >= 15 is 0 Å². The van der Waals surface area contributed by atoms with Crippen molar-refractivity contribution >= 4 is 42.4 Å². The van der Waals surface area contributed by atoms with Gasteiger partial charge in [0.2, 0.25) is 0 Å². The molecule has 0 saturated carbocycles. The largest absolute Gasteiger partial charge is 0.292 e. The molecule has 0 unspecified atom stereocenters. The highest BCUT2D eigenvalue weighted by Gasteiger charge is 2.22. The number of aromatic nitrogens is 2. The summed E-state index contributed by atoms with van der Waals surface area (Å²) in [4.78, 5) is 0.0516. The third-order valence-electron chi connectivity index (χ3n) is 3.02. The highest BCUT2D eigenvalue weighted by Crippen LogP contribution is 2.24. The van der Waals surface area contributed by atoms with Crippen LogP contribution in [-0.2, 0) is 19.8 Å². The van der Waals surface area contributed by atoms with Crippen LogP contribution >= 0.6 is 11.6 Å². The van der Waals surface area contributed by atoms with E-state index < -0.39 is 19.8 Å². The number of rotatable bonds is 3. The van der Waals surface area contributed by atoms with Crippen molar-refractivity contribution in [2.75, 3.05) is 6.26 Å². The molecule has 0 amide bonds. The zero-order valence-corrected chi connectivity index (χ0v) is 14.1. The average Bonchev–Trinajstić information content (AvgIpc) is 2.94. The lowest BCUT2D eigenvalue weighted by molar-refractivity contribution is 0.315. The summed E-state index contributed by atoms with van der Waals surface area (Å²) in [6.45, 7) is 0. The van der Waals surface area contributed by atoms with Crippen LogP contribution in [0, 0.1) is 0 Å². The molecule has 0 spiro atoms. The van der Waals surface area contributed by atoms with Crippen LogP contribution in [0.1, 0.15) is 0 Å². The fourth-order valence-corrected chi connectivity index (χ4v) is 5.51. The Kier molecular flexibility index (Phi) is 3.86. The first kappa shape index (κ1) is 15.9. The molecule has 1 atom stereocenters. The summed E-state index contributed by atoms with van der Waals surface area (Å²) in [5.41, 5.74) is 0.318. The van der Waals surface area contributed by atoms with Gasteiger partial charge >= 0.3 is 0 Å². The van der Waals surface area contributed by atoms with Gasteiger partial charge in [0.1, 0.15) is 10.4 Å². The van der Waals surface area contributed by atoms with Crippen LogP contribution in [0.3, 0.4) is 0 Å². The lowest BCUT2D eigenvalue weighted by Crippen LogP contribution is -2.05. The Morgan fingerprint density at radius 2 is 1.74 bits per heavy atom. The molecule has 7 nitrogen and oxygen atoms in total. The minimum absolute atomic E-state index is 0.0440. The lowest BCUT2D eigenvalue weighted by atomic mass is 10.3. The first-order valence-electron chi connectivity index (χ1n) is 6.25. The fourth-order valence-electron chi connectivity index (χ4n) is 1.95. The van der Waals surface area contributed by atoms with Crippen molar-refractivity contribution in [2.24, 2.45) is 3.77 Å². The summed E-state index contributed by atoms with van der Waals surface area (Å²) in [6, 6.07) is 10.3. The number of benzene rings is 2. The number of nitrogens with zero attached hydrogens (tertiary/aromatic N) is 3. The van der Waals surface area contributed by atoms with Crippen molar-refractivity contribution in [1.29, 1.82) is 0 Å². The maximum Gasteiger partial charge on any atom is 0.292 e. The molecule has 23 heavy (non-hydrogen) atoms. The highest BCUT2D eigenvalue weighted by molar-refractivity contribution is 8.03. The minimum Gasteiger partial charge on any atom is -0.244 e. The van der Waals surface area contributed by atoms with E-state index in [1.807, 2.05) is 0 Å². The van der Waals surface area contributed by atoms with Gasteiger partial charge in [-0.1, -0.05) is 17.7 Å². The summed E-state index contributed by atoms with van der Waals surface area (Å²) >= 11 is 5.78. The summed E-state index contributed by atoms with van der Waals surface area (Å²) in [5.74, 6) is 0. The van der Waals surface area contributed by atoms with Gasteiger partial charge in [0, 0.05) is 16.2 Å². The number of fused-ring (bicyclic) bond motifs is 1. The quantitative estimate of drug-likeness (QED) is 0.701. The number of halogens is 1. The molecule has 0 radical (unpaired) electrons. The number of sulfonamides is 1. The molecule has 0 fully saturated rings. The molecule has 10 heteroatoms. The van der Waals surface area contributed by atoms with Gasteiger partial charge in [-0.3, -0.25) is 0 Å². The van der Waals surface area contributed by atoms with Crippen LogP contribution in [0.15, 0.2) is 60.7 Å². The van der Waals surface area contributed by atoms with E-state index in [0.717, 1.165) is 0 Å². The monoisotopic (exact) mass is 371 g/mol. The summed E-state index contributed by atoms with van der Waals surface area (Å²) in [7, 11) is -7.40. The fraction of sp³-hybridized carbons (Fsp3) is 0.0769. The Labute approximate surface area is 137 Å². The van der Waals surface area contributed by atoms with Crippen LogP contribution in [0.4, 0.5) is 0 Å². The smallest absolute Gasteiger partial charge is 0.244 e. The number of hydrogen-bond donors (Lipinski definition) is 0. The number of hydrogen-bond acceptors (Lipinski definition) is 6. The summed E-state index contributed by atoms with van der Waals surface area (Å²) < 4.78 is 45.9. The Morgan fingerprint density at radius 1 is 1.04 bits per heavy atom. The second-order valence-electron chi connectivity index (χ2n) is 4.69. The van der Waals surface area contributed by atoms with Gasteiger partial charge in [-0.25, -0.2) is 8.84 Å². The Balaban J connectivity index is 2.18. The second kappa shape index (κ2) is 5.59. The SMILES string of the molecule is C[S@](=O)(=NS(=O)(=O)c1cccc2nonc12)c1ccc(Cl)cc1. The van der Waals surface area contributed by atoms with Crippen molar-refractivity contribution in [3.8, 4) is 0 Å². The third-order valence-corrected chi connectivity index (χ3v) is 7.23. The normalized spacial score (nSPS) is 14.5. The maximum absolute atomic E-state index is 12.7. The van der Waals surface area contributed by atoms with E-state index in [-0.39, 0.29) is 20.8 Å². The van der Waals surface area contributed by atoms with Crippen LogP contribution in [0.5, 0.6) is 0 Å². The van der Waals surface area contributed by atoms with E-state index in [1.165, 1.54) is 42.7 Å². The Hall–Kier alpha value is -1.97. The van der Waals surface area contributed by atoms with Gasteiger partial charge in [-0.2, -0.15) is 8.42 Å². The van der Waals surface area contributed by atoms with Gasteiger partial charge in [0.25, 0.3) is 10.0 Å². The molecule has 0 aliphatic carbocycles. The van der Waals surface area contributed by atoms with E-state index in [0.29, 0.717) is 5.02 Å².